The fourth-order valence-corrected chi connectivity index (χ4v) is 3.46. The molecule has 0 saturated heterocycles. The normalized spacial score (nSPS) is 10.5. The van der Waals surface area contributed by atoms with Crippen LogP contribution in [-0.4, -0.2) is 9.97 Å². The summed E-state index contributed by atoms with van der Waals surface area (Å²) in [6, 6.07) is 7.79. The third kappa shape index (κ3) is 2.91. The van der Waals surface area contributed by atoms with Gasteiger partial charge in [0.25, 0.3) is 0 Å². The quantitative estimate of drug-likeness (QED) is 0.535. The van der Waals surface area contributed by atoms with Gasteiger partial charge < -0.3 is 0 Å². The van der Waals surface area contributed by atoms with Crippen LogP contribution >= 0.6 is 63.7 Å². The first-order valence-corrected chi connectivity index (χ1v) is 7.39. The maximum atomic E-state index is 4.29. The third-order valence-electron chi connectivity index (χ3n) is 1.89. The molecule has 2 heterocycles. The lowest BCUT2D eigenvalue weighted by Gasteiger charge is -2.05. The summed E-state index contributed by atoms with van der Waals surface area (Å²) in [4.78, 5) is 8.49. The van der Waals surface area contributed by atoms with Crippen LogP contribution in [0.1, 0.15) is 0 Å². The van der Waals surface area contributed by atoms with E-state index in [1.165, 1.54) is 0 Å². The van der Waals surface area contributed by atoms with E-state index in [1.807, 2.05) is 24.3 Å². The smallest absolute Gasteiger partial charge is 0.115 e. The van der Waals surface area contributed by atoms with E-state index in [9.17, 15) is 0 Å². The lowest BCUT2D eigenvalue weighted by atomic mass is 10.1. The van der Waals surface area contributed by atoms with Gasteiger partial charge in [0.05, 0.1) is 0 Å². The minimum Gasteiger partial charge on any atom is -0.234 e. The molecular formula is C10H4Br4N2. The Morgan fingerprint density at radius 2 is 1.38 bits per heavy atom. The topological polar surface area (TPSA) is 25.8 Å². The molecule has 0 spiro atoms. The minimum atomic E-state index is 0.784. The number of rotatable bonds is 1. The summed E-state index contributed by atoms with van der Waals surface area (Å²) in [5.41, 5.74) is 2.06. The second-order valence-corrected chi connectivity index (χ2v) is 6.16. The first kappa shape index (κ1) is 12.7. The van der Waals surface area contributed by atoms with Crippen molar-refractivity contribution in [2.24, 2.45) is 0 Å². The van der Waals surface area contributed by atoms with E-state index in [0.717, 1.165) is 29.5 Å². The van der Waals surface area contributed by atoms with Gasteiger partial charge in [-0.25, -0.2) is 9.97 Å². The van der Waals surface area contributed by atoms with Crippen LogP contribution in [0, 0.1) is 0 Å². The highest BCUT2D eigenvalue weighted by atomic mass is 79.9. The molecule has 6 heteroatoms. The fourth-order valence-electron chi connectivity index (χ4n) is 1.25. The summed E-state index contributed by atoms with van der Waals surface area (Å²) in [5.74, 6) is 0. The zero-order valence-electron chi connectivity index (χ0n) is 7.72. The molecule has 0 unspecified atom stereocenters. The van der Waals surface area contributed by atoms with Crippen LogP contribution in [0.25, 0.3) is 11.1 Å². The molecule has 82 valence electrons. The van der Waals surface area contributed by atoms with Crippen molar-refractivity contribution in [3.63, 3.8) is 0 Å². The molecule has 0 aliphatic heterocycles. The van der Waals surface area contributed by atoms with Crippen molar-refractivity contribution in [3.05, 3.63) is 42.7 Å². The predicted octanol–water partition coefficient (Wildman–Crippen LogP) is 5.19. The average molecular weight is 472 g/mol. The Labute approximate surface area is 126 Å². The maximum absolute atomic E-state index is 4.29. The molecule has 0 saturated carbocycles. The summed E-state index contributed by atoms with van der Waals surface area (Å²) in [7, 11) is 0. The summed E-state index contributed by atoms with van der Waals surface area (Å²) >= 11 is 13.5. The number of pyridine rings is 2. The highest BCUT2D eigenvalue weighted by Gasteiger charge is 2.07. The Kier molecular flexibility index (Phi) is 4.15. The number of halogens is 4. The zero-order chi connectivity index (χ0) is 11.7. The van der Waals surface area contributed by atoms with Gasteiger partial charge in [-0.3, -0.25) is 0 Å². The molecule has 0 radical (unpaired) electrons. The fraction of sp³-hybridized carbons (Fsp3) is 0. The average Bonchev–Trinajstić information content (AvgIpc) is 2.15. The number of hydrogen-bond donors (Lipinski definition) is 0. The second kappa shape index (κ2) is 5.25. The van der Waals surface area contributed by atoms with Crippen LogP contribution in [0.3, 0.4) is 0 Å². The van der Waals surface area contributed by atoms with Gasteiger partial charge >= 0.3 is 0 Å². The van der Waals surface area contributed by atoms with Crippen molar-refractivity contribution in [1.29, 1.82) is 0 Å². The van der Waals surface area contributed by atoms with E-state index < -0.39 is 0 Å². The monoisotopic (exact) mass is 468 g/mol. The van der Waals surface area contributed by atoms with E-state index in [-0.39, 0.29) is 0 Å². The first-order valence-electron chi connectivity index (χ1n) is 4.22. The molecule has 0 aromatic carbocycles. The Morgan fingerprint density at radius 1 is 0.750 bits per heavy atom. The molecule has 2 aromatic heterocycles. The molecule has 0 fully saturated rings. The van der Waals surface area contributed by atoms with E-state index >= 15 is 0 Å². The zero-order valence-corrected chi connectivity index (χ0v) is 14.1. The van der Waals surface area contributed by atoms with E-state index in [2.05, 4.69) is 73.7 Å². The standard InChI is InChI=1S/C10H4Br4N2/c11-7-2-1-6(10(14)16-7)5-3-8(12)15-9(13)4-5/h1-4H. The lowest BCUT2D eigenvalue weighted by Crippen LogP contribution is -1.87. The third-order valence-corrected chi connectivity index (χ3v) is 3.75. The molecule has 2 nitrogen and oxygen atoms in total. The lowest BCUT2D eigenvalue weighted by molar-refractivity contribution is 1.21. The van der Waals surface area contributed by atoms with Gasteiger partial charge in [0.1, 0.15) is 18.4 Å². The van der Waals surface area contributed by atoms with E-state index in [1.54, 1.807) is 0 Å². The van der Waals surface area contributed by atoms with Gasteiger partial charge in [-0.05, 0) is 93.5 Å². The van der Waals surface area contributed by atoms with Crippen LogP contribution in [-0.2, 0) is 0 Å². The Bertz CT molecular complexity index is 522. The molecule has 0 atom stereocenters. The number of nitrogens with zero attached hydrogens (tertiary/aromatic N) is 2. The Balaban J connectivity index is 2.58. The minimum absolute atomic E-state index is 0.784. The van der Waals surface area contributed by atoms with Crippen molar-refractivity contribution >= 4 is 63.7 Å². The molecule has 0 aliphatic carbocycles. The first-order chi connectivity index (χ1) is 7.56. The van der Waals surface area contributed by atoms with Gasteiger partial charge in [-0.2, -0.15) is 0 Å². The molecule has 16 heavy (non-hydrogen) atoms. The van der Waals surface area contributed by atoms with Crippen LogP contribution in [0.2, 0.25) is 0 Å². The van der Waals surface area contributed by atoms with Gasteiger partial charge in [-0.15, -0.1) is 0 Å². The highest BCUT2D eigenvalue weighted by molar-refractivity contribution is 9.11. The van der Waals surface area contributed by atoms with Crippen LogP contribution in [0.4, 0.5) is 0 Å². The summed E-state index contributed by atoms with van der Waals surface area (Å²) in [6.45, 7) is 0. The number of aromatic nitrogens is 2. The predicted molar refractivity (Wildman–Crippen MR) is 78.3 cm³/mol. The van der Waals surface area contributed by atoms with Gasteiger partial charge in [-0.1, -0.05) is 0 Å². The van der Waals surface area contributed by atoms with E-state index in [0.29, 0.717) is 0 Å². The summed E-state index contributed by atoms with van der Waals surface area (Å²) < 4.78 is 3.17. The molecule has 0 bridgehead atoms. The molecular weight excluding hydrogens is 468 g/mol. The van der Waals surface area contributed by atoms with Crippen LogP contribution in [0.5, 0.6) is 0 Å². The van der Waals surface area contributed by atoms with Crippen LogP contribution < -0.4 is 0 Å². The molecule has 0 N–H and O–H groups in total. The van der Waals surface area contributed by atoms with Gasteiger partial charge in [0.15, 0.2) is 0 Å². The number of hydrogen-bond acceptors (Lipinski definition) is 2. The Morgan fingerprint density at radius 3 is 1.94 bits per heavy atom. The molecule has 2 rings (SSSR count). The van der Waals surface area contributed by atoms with Crippen molar-refractivity contribution in [1.82, 2.24) is 9.97 Å². The largest absolute Gasteiger partial charge is 0.234 e. The Hall–Kier alpha value is 0.220. The van der Waals surface area contributed by atoms with Crippen molar-refractivity contribution in [3.8, 4) is 11.1 Å². The van der Waals surface area contributed by atoms with E-state index in [4.69, 9.17) is 0 Å². The maximum Gasteiger partial charge on any atom is 0.115 e. The summed E-state index contributed by atoms with van der Waals surface area (Å²) in [6.07, 6.45) is 0. The van der Waals surface area contributed by atoms with Gasteiger partial charge in [0, 0.05) is 5.56 Å². The van der Waals surface area contributed by atoms with Gasteiger partial charge in [0.2, 0.25) is 0 Å². The SMILES string of the molecule is Brc1cc(-c2ccc(Br)nc2Br)cc(Br)n1. The van der Waals surface area contributed by atoms with Crippen molar-refractivity contribution in [2.45, 2.75) is 0 Å². The second-order valence-electron chi connectivity index (χ2n) is 2.97. The van der Waals surface area contributed by atoms with Crippen molar-refractivity contribution < 1.29 is 0 Å². The highest BCUT2D eigenvalue weighted by Crippen LogP contribution is 2.30. The molecule has 0 amide bonds. The molecule has 0 aliphatic rings. The molecule has 2 aromatic rings. The van der Waals surface area contributed by atoms with Crippen molar-refractivity contribution in [2.75, 3.05) is 0 Å². The summed E-state index contributed by atoms with van der Waals surface area (Å²) in [5, 5.41) is 0. The van der Waals surface area contributed by atoms with Crippen LogP contribution in [0.15, 0.2) is 42.7 Å².